The quantitative estimate of drug-likeness (QED) is 0.842. The minimum atomic E-state index is 0.0526. The van der Waals surface area contributed by atoms with Crippen molar-refractivity contribution in [2.75, 3.05) is 26.2 Å². The molecule has 130 valence electrons. The zero-order valence-corrected chi connectivity index (χ0v) is 14.4. The molecule has 0 saturated carbocycles. The number of amides is 2. The summed E-state index contributed by atoms with van der Waals surface area (Å²) in [5.41, 5.74) is 1.98. The van der Waals surface area contributed by atoms with Gasteiger partial charge in [0.2, 0.25) is 5.91 Å². The summed E-state index contributed by atoms with van der Waals surface area (Å²) in [6.07, 6.45) is 2.37. The van der Waals surface area contributed by atoms with E-state index in [2.05, 4.69) is 12.1 Å². The highest BCUT2D eigenvalue weighted by atomic mass is 16.2. The van der Waals surface area contributed by atoms with E-state index in [1.165, 1.54) is 5.56 Å². The van der Waals surface area contributed by atoms with Crippen molar-refractivity contribution in [3.05, 3.63) is 71.8 Å². The van der Waals surface area contributed by atoms with Crippen LogP contribution in [-0.4, -0.2) is 47.8 Å². The van der Waals surface area contributed by atoms with Crippen LogP contribution in [0.3, 0.4) is 0 Å². The Morgan fingerprint density at radius 3 is 1.96 bits per heavy atom. The van der Waals surface area contributed by atoms with Gasteiger partial charge in [0.25, 0.3) is 5.91 Å². The second kappa shape index (κ2) is 8.47. The Kier molecular flexibility index (Phi) is 5.83. The van der Waals surface area contributed by atoms with Gasteiger partial charge in [0.15, 0.2) is 0 Å². The first-order valence-electron chi connectivity index (χ1n) is 8.90. The largest absolute Gasteiger partial charge is 0.339 e. The zero-order chi connectivity index (χ0) is 17.5. The maximum absolute atomic E-state index is 12.4. The molecule has 0 atom stereocenters. The standard InChI is InChI=1S/C21H24N2O2/c24-20(13-7-10-18-8-3-1-4-9-18)22-14-16-23(17-15-22)21(25)19-11-5-2-6-12-19/h1-6,8-9,11-12H,7,10,13-17H2. The highest BCUT2D eigenvalue weighted by Crippen LogP contribution is 2.11. The lowest BCUT2D eigenvalue weighted by molar-refractivity contribution is -0.132. The Bertz CT molecular complexity index is 692. The third-order valence-electron chi connectivity index (χ3n) is 4.64. The van der Waals surface area contributed by atoms with Gasteiger partial charge in [-0.25, -0.2) is 0 Å². The molecule has 0 radical (unpaired) electrons. The fraction of sp³-hybridized carbons (Fsp3) is 0.333. The van der Waals surface area contributed by atoms with E-state index in [-0.39, 0.29) is 11.8 Å². The van der Waals surface area contributed by atoms with Gasteiger partial charge in [-0.1, -0.05) is 48.5 Å². The summed E-state index contributed by atoms with van der Waals surface area (Å²) in [6.45, 7) is 2.47. The molecule has 1 fully saturated rings. The molecule has 4 nitrogen and oxygen atoms in total. The maximum Gasteiger partial charge on any atom is 0.253 e. The topological polar surface area (TPSA) is 40.6 Å². The molecule has 0 aliphatic carbocycles. The Balaban J connectivity index is 1.42. The van der Waals surface area contributed by atoms with Gasteiger partial charge in [-0.2, -0.15) is 0 Å². The lowest BCUT2D eigenvalue weighted by atomic mass is 10.1. The first-order valence-corrected chi connectivity index (χ1v) is 8.90. The molecule has 0 unspecified atom stereocenters. The van der Waals surface area contributed by atoms with Crippen molar-refractivity contribution in [1.29, 1.82) is 0 Å². The molecule has 2 aromatic rings. The maximum atomic E-state index is 12.4. The highest BCUT2D eigenvalue weighted by molar-refractivity contribution is 5.94. The number of carbonyl (C=O) groups excluding carboxylic acids is 2. The summed E-state index contributed by atoms with van der Waals surface area (Å²) in [4.78, 5) is 28.5. The van der Waals surface area contributed by atoms with Crippen LogP contribution in [0.5, 0.6) is 0 Å². The molecule has 1 saturated heterocycles. The van der Waals surface area contributed by atoms with Crippen LogP contribution in [0.25, 0.3) is 0 Å². The predicted octanol–water partition coefficient (Wildman–Crippen LogP) is 2.99. The molecule has 1 heterocycles. The van der Waals surface area contributed by atoms with Gasteiger partial charge in [0.1, 0.15) is 0 Å². The van der Waals surface area contributed by atoms with Crippen molar-refractivity contribution in [3.63, 3.8) is 0 Å². The molecule has 3 rings (SSSR count). The lowest BCUT2D eigenvalue weighted by Crippen LogP contribution is -2.50. The molecule has 0 aromatic heterocycles. The summed E-state index contributed by atoms with van der Waals surface area (Å²) in [7, 11) is 0. The van der Waals surface area contributed by atoms with Gasteiger partial charge in [0.05, 0.1) is 0 Å². The van der Waals surface area contributed by atoms with E-state index >= 15 is 0 Å². The lowest BCUT2D eigenvalue weighted by Gasteiger charge is -2.35. The minimum Gasteiger partial charge on any atom is -0.339 e. The van der Waals surface area contributed by atoms with Crippen LogP contribution in [0, 0.1) is 0 Å². The SMILES string of the molecule is O=C(CCCc1ccccc1)N1CCN(C(=O)c2ccccc2)CC1. The molecule has 25 heavy (non-hydrogen) atoms. The Labute approximate surface area is 149 Å². The van der Waals surface area contributed by atoms with Crippen LogP contribution in [0.15, 0.2) is 60.7 Å². The van der Waals surface area contributed by atoms with Crippen LogP contribution >= 0.6 is 0 Å². The van der Waals surface area contributed by atoms with Gasteiger partial charge in [-0.05, 0) is 30.5 Å². The van der Waals surface area contributed by atoms with Crippen molar-refractivity contribution in [3.8, 4) is 0 Å². The molecule has 0 N–H and O–H groups in total. The average molecular weight is 336 g/mol. The molecule has 4 heteroatoms. The molecule has 1 aliphatic rings. The molecular formula is C21H24N2O2. The molecule has 1 aliphatic heterocycles. The van der Waals surface area contributed by atoms with E-state index in [1.54, 1.807) is 0 Å². The molecule has 2 amide bonds. The van der Waals surface area contributed by atoms with Crippen molar-refractivity contribution >= 4 is 11.8 Å². The van der Waals surface area contributed by atoms with Crippen molar-refractivity contribution < 1.29 is 9.59 Å². The van der Waals surface area contributed by atoms with Gasteiger partial charge in [-0.3, -0.25) is 9.59 Å². The number of benzene rings is 2. The smallest absolute Gasteiger partial charge is 0.253 e. The van der Waals surface area contributed by atoms with Gasteiger partial charge < -0.3 is 9.80 Å². The minimum absolute atomic E-state index is 0.0526. The third-order valence-corrected chi connectivity index (χ3v) is 4.64. The Hall–Kier alpha value is -2.62. The van der Waals surface area contributed by atoms with E-state index in [0.717, 1.165) is 12.8 Å². The first-order chi connectivity index (χ1) is 12.2. The fourth-order valence-electron chi connectivity index (χ4n) is 3.17. The second-order valence-corrected chi connectivity index (χ2v) is 6.38. The molecular weight excluding hydrogens is 312 g/mol. The summed E-state index contributed by atoms with van der Waals surface area (Å²) >= 11 is 0. The van der Waals surface area contributed by atoms with Crippen molar-refractivity contribution in [2.24, 2.45) is 0 Å². The van der Waals surface area contributed by atoms with Crippen LogP contribution in [0.1, 0.15) is 28.8 Å². The summed E-state index contributed by atoms with van der Waals surface area (Å²) in [5, 5.41) is 0. The van der Waals surface area contributed by atoms with Crippen LogP contribution < -0.4 is 0 Å². The molecule has 2 aromatic carbocycles. The van der Waals surface area contributed by atoms with E-state index < -0.39 is 0 Å². The number of rotatable bonds is 5. The number of piperazine rings is 1. The Morgan fingerprint density at radius 2 is 1.32 bits per heavy atom. The normalized spacial score (nSPS) is 14.4. The second-order valence-electron chi connectivity index (χ2n) is 6.38. The van der Waals surface area contributed by atoms with E-state index in [0.29, 0.717) is 38.2 Å². The van der Waals surface area contributed by atoms with E-state index in [1.807, 2.05) is 58.3 Å². The number of aryl methyl sites for hydroxylation is 1. The zero-order valence-electron chi connectivity index (χ0n) is 14.4. The first kappa shape index (κ1) is 17.2. The molecule has 0 bridgehead atoms. The van der Waals surface area contributed by atoms with Crippen molar-refractivity contribution in [1.82, 2.24) is 9.80 Å². The predicted molar refractivity (Wildman–Crippen MR) is 98.3 cm³/mol. The van der Waals surface area contributed by atoms with Crippen LogP contribution in [0.2, 0.25) is 0 Å². The van der Waals surface area contributed by atoms with Gasteiger partial charge in [-0.15, -0.1) is 0 Å². The summed E-state index contributed by atoms with van der Waals surface area (Å²) in [5.74, 6) is 0.250. The van der Waals surface area contributed by atoms with E-state index in [9.17, 15) is 9.59 Å². The Morgan fingerprint density at radius 1 is 0.760 bits per heavy atom. The van der Waals surface area contributed by atoms with Gasteiger partial charge in [0, 0.05) is 38.2 Å². The monoisotopic (exact) mass is 336 g/mol. The number of nitrogens with zero attached hydrogens (tertiary/aromatic N) is 2. The van der Waals surface area contributed by atoms with Crippen molar-refractivity contribution in [2.45, 2.75) is 19.3 Å². The summed E-state index contributed by atoms with van der Waals surface area (Å²) in [6, 6.07) is 19.6. The molecule has 0 spiro atoms. The van der Waals surface area contributed by atoms with Crippen LogP contribution in [-0.2, 0) is 11.2 Å². The number of carbonyl (C=O) groups is 2. The third kappa shape index (κ3) is 4.69. The fourth-order valence-corrected chi connectivity index (χ4v) is 3.17. The number of hydrogen-bond acceptors (Lipinski definition) is 2. The van der Waals surface area contributed by atoms with E-state index in [4.69, 9.17) is 0 Å². The highest BCUT2D eigenvalue weighted by Gasteiger charge is 2.24. The average Bonchev–Trinajstić information content (AvgIpc) is 2.69. The van der Waals surface area contributed by atoms with Crippen LogP contribution in [0.4, 0.5) is 0 Å². The van der Waals surface area contributed by atoms with Gasteiger partial charge >= 0.3 is 0 Å². The number of hydrogen-bond donors (Lipinski definition) is 0. The summed E-state index contributed by atoms with van der Waals surface area (Å²) < 4.78 is 0.